The summed E-state index contributed by atoms with van der Waals surface area (Å²) in [6, 6.07) is 14.2. The molecule has 3 amide bonds. The van der Waals surface area contributed by atoms with Crippen LogP contribution < -0.4 is 14.9 Å². The molecule has 0 saturated carbocycles. The van der Waals surface area contributed by atoms with Crippen molar-refractivity contribution in [1.82, 2.24) is 10.2 Å². The third-order valence-corrected chi connectivity index (χ3v) is 6.69. The van der Waals surface area contributed by atoms with Crippen molar-refractivity contribution in [3.63, 3.8) is 0 Å². The molecule has 0 unspecified atom stereocenters. The van der Waals surface area contributed by atoms with Gasteiger partial charge in [0, 0.05) is 38.3 Å². The standard InChI is InChI=1S/C21H26N4O4S/c1-16(15-25-13-7-12-20(25)26)22-21(27)23-17-8-6-11-19(14-17)30(28,29)24(2)18-9-4-3-5-10-18/h3-6,8-11,14,16H,7,12-13,15H2,1-2H3,(H2,22,23,27)/t16-/m0/s1. The Morgan fingerprint density at radius 1 is 1.17 bits per heavy atom. The van der Waals surface area contributed by atoms with E-state index in [4.69, 9.17) is 0 Å². The van der Waals surface area contributed by atoms with Crippen LogP contribution in [-0.4, -0.2) is 51.4 Å². The zero-order chi connectivity index (χ0) is 21.7. The number of para-hydroxylation sites is 1. The highest BCUT2D eigenvalue weighted by molar-refractivity contribution is 7.92. The number of nitrogens with zero attached hydrogens (tertiary/aromatic N) is 2. The number of benzene rings is 2. The molecule has 0 radical (unpaired) electrons. The predicted molar refractivity (Wildman–Crippen MR) is 116 cm³/mol. The van der Waals surface area contributed by atoms with Gasteiger partial charge in [-0.1, -0.05) is 24.3 Å². The minimum Gasteiger partial charge on any atom is -0.341 e. The molecular formula is C21H26N4O4S. The van der Waals surface area contributed by atoms with Gasteiger partial charge >= 0.3 is 6.03 Å². The van der Waals surface area contributed by atoms with Crippen LogP contribution in [0.25, 0.3) is 0 Å². The maximum absolute atomic E-state index is 12.9. The highest BCUT2D eigenvalue weighted by Gasteiger charge is 2.23. The molecule has 2 aromatic rings. The molecule has 0 spiro atoms. The predicted octanol–water partition coefficient (Wildman–Crippen LogP) is 2.64. The number of urea groups is 1. The van der Waals surface area contributed by atoms with Crippen molar-refractivity contribution in [3.05, 3.63) is 54.6 Å². The van der Waals surface area contributed by atoms with Crippen molar-refractivity contribution in [2.75, 3.05) is 29.8 Å². The van der Waals surface area contributed by atoms with Gasteiger partial charge in [-0.05, 0) is 43.7 Å². The van der Waals surface area contributed by atoms with Gasteiger partial charge in [0.05, 0.1) is 10.6 Å². The van der Waals surface area contributed by atoms with Crippen molar-refractivity contribution in [2.45, 2.75) is 30.7 Å². The summed E-state index contributed by atoms with van der Waals surface area (Å²) < 4.78 is 27.1. The highest BCUT2D eigenvalue weighted by atomic mass is 32.2. The van der Waals surface area contributed by atoms with Crippen LogP contribution >= 0.6 is 0 Å². The van der Waals surface area contributed by atoms with Crippen LogP contribution in [0.1, 0.15) is 19.8 Å². The van der Waals surface area contributed by atoms with E-state index in [0.29, 0.717) is 30.9 Å². The van der Waals surface area contributed by atoms with E-state index in [0.717, 1.165) is 6.42 Å². The maximum Gasteiger partial charge on any atom is 0.319 e. The molecule has 0 bridgehead atoms. The Labute approximate surface area is 176 Å². The molecule has 1 saturated heterocycles. The maximum atomic E-state index is 12.9. The Morgan fingerprint density at radius 3 is 2.57 bits per heavy atom. The Balaban J connectivity index is 1.64. The van der Waals surface area contributed by atoms with Crippen LogP contribution in [0, 0.1) is 0 Å². The summed E-state index contributed by atoms with van der Waals surface area (Å²) in [6.45, 7) is 2.98. The third kappa shape index (κ3) is 5.10. The number of hydrogen-bond acceptors (Lipinski definition) is 4. The largest absolute Gasteiger partial charge is 0.341 e. The second kappa shape index (κ2) is 9.17. The van der Waals surface area contributed by atoms with Crippen LogP contribution in [0.2, 0.25) is 0 Å². The first-order valence-corrected chi connectivity index (χ1v) is 11.2. The monoisotopic (exact) mass is 430 g/mol. The van der Waals surface area contributed by atoms with Gasteiger partial charge in [0.15, 0.2) is 0 Å². The van der Waals surface area contributed by atoms with Crippen molar-refractivity contribution < 1.29 is 18.0 Å². The molecule has 1 heterocycles. The molecule has 2 N–H and O–H groups in total. The van der Waals surface area contributed by atoms with E-state index in [9.17, 15) is 18.0 Å². The lowest BCUT2D eigenvalue weighted by molar-refractivity contribution is -0.127. The Bertz CT molecular complexity index is 1010. The first-order chi connectivity index (χ1) is 14.3. The number of likely N-dealkylation sites (tertiary alicyclic amines) is 1. The first-order valence-electron chi connectivity index (χ1n) is 9.77. The molecular weight excluding hydrogens is 404 g/mol. The van der Waals surface area contributed by atoms with Gasteiger partial charge in [-0.3, -0.25) is 9.10 Å². The van der Waals surface area contributed by atoms with Crippen molar-refractivity contribution in [3.8, 4) is 0 Å². The number of amides is 3. The fourth-order valence-electron chi connectivity index (χ4n) is 3.33. The zero-order valence-electron chi connectivity index (χ0n) is 17.0. The van der Waals surface area contributed by atoms with Crippen molar-refractivity contribution in [1.29, 1.82) is 0 Å². The van der Waals surface area contributed by atoms with Crippen molar-refractivity contribution in [2.24, 2.45) is 0 Å². The molecule has 2 aromatic carbocycles. The van der Waals surface area contributed by atoms with Gasteiger partial charge in [0.1, 0.15) is 0 Å². The van der Waals surface area contributed by atoms with Gasteiger partial charge in [-0.25, -0.2) is 13.2 Å². The normalized spacial score (nSPS) is 15.0. The quantitative estimate of drug-likeness (QED) is 0.705. The average molecular weight is 431 g/mol. The lowest BCUT2D eigenvalue weighted by atomic mass is 10.3. The Kier molecular flexibility index (Phi) is 6.61. The SMILES string of the molecule is C[C@@H](CN1CCCC1=O)NC(=O)Nc1cccc(S(=O)(=O)N(C)c2ccccc2)c1. The molecule has 8 nitrogen and oxygen atoms in total. The van der Waals surface area contributed by atoms with Crippen LogP contribution in [0.5, 0.6) is 0 Å². The minimum absolute atomic E-state index is 0.0716. The average Bonchev–Trinajstić information content (AvgIpc) is 3.12. The van der Waals surface area contributed by atoms with Gasteiger partial charge in [0.2, 0.25) is 5.91 Å². The number of carbonyl (C=O) groups excluding carboxylic acids is 2. The molecule has 0 aromatic heterocycles. The summed E-state index contributed by atoms with van der Waals surface area (Å²) in [7, 11) is -2.29. The van der Waals surface area contributed by atoms with Crippen LogP contribution in [-0.2, 0) is 14.8 Å². The molecule has 9 heteroatoms. The van der Waals surface area contributed by atoms with E-state index in [2.05, 4.69) is 10.6 Å². The minimum atomic E-state index is -3.78. The molecule has 0 aliphatic carbocycles. The lowest BCUT2D eigenvalue weighted by Gasteiger charge is -2.22. The number of hydrogen-bond donors (Lipinski definition) is 2. The van der Waals surface area contributed by atoms with E-state index in [1.165, 1.54) is 23.5 Å². The zero-order valence-corrected chi connectivity index (χ0v) is 17.9. The lowest BCUT2D eigenvalue weighted by Crippen LogP contribution is -2.44. The summed E-state index contributed by atoms with van der Waals surface area (Å²) in [5.41, 5.74) is 0.901. The summed E-state index contributed by atoms with van der Waals surface area (Å²) in [4.78, 5) is 25.8. The third-order valence-electron chi connectivity index (χ3n) is 4.91. The van der Waals surface area contributed by atoms with E-state index in [1.54, 1.807) is 41.3 Å². The first kappa shape index (κ1) is 21.6. The van der Waals surface area contributed by atoms with E-state index in [1.807, 2.05) is 13.0 Å². The van der Waals surface area contributed by atoms with Gasteiger partial charge in [0.25, 0.3) is 10.0 Å². The summed E-state index contributed by atoms with van der Waals surface area (Å²) in [5.74, 6) is 0.101. The van der Waals surface area contributed by atoms with Gasteiger partial charge in [-0.15, -0.1) is 0 Å². The smallest absolute Gasteiger partial charge is 0.319 e. The Morgan fingerprint density at radius 2 is 1.90 bits per heavy atom. The molecule has 3 rings (SSSR count). The van der Waals surface area contributed by atoms with E-state index in [-0.39, 0.29) is 16.8 Å². The summed E-state index contributed by atoms with van der Waals surface area (Å²) in [6.07, 6.45) is 1.40. The Hall–Kier alpha value is -3.07. The second-order valence-corrected chi connectivity index (χ2v) is 9.25. The molecule has 1 aliphatic heterocycles. The number of nitrogens with one attached hydrogen (secondary N) is 2. The number of anilines is 2. The molecule has 160 valence electrons. The molecule has 1 aliphatic rings. The fraction of sp³-hybridized carbons (Fsp3) is 0.333. The molecule has 1 fully saturated rings. The highest BCUT2D eigenvalue weighted by Crippen LogP contribution is 2.23. The van der Waals surface area contributed by atoms with Crippen LogP contribution in [0.15, 0.2) is 59.5 Å². The second-order valence-electron chi connectivity index (χ2n) is 7.28. The number of carbonyl (C=O) groups is 2. The van der Waals surface area contributed by atoms with Crippen LogP contribution in [0.3, 0.4) is 0 Å². The van der Waals surface area contributed by atoms with Crippen molar-refractivity contribution >= 4 is 33.3 Å². The fourth-order valence-corrected chi connectivity index (χ4v) is 4.58. The summed E-state index contributed by atoms with van der Waals surface area (Å²) >= 11 is 0. The van der Waals surface area contributed by atoms with E-state index < -0.39 is 16.1 Å². The number of sulfonamides is 1. The van der Waals surface area contributed by atoms with E-state index >= 15 is 0 Å². The molecule has 30 heavy (non-hydrogen) atoms. The van der Waals surface area contributed by atoms with Gasteiger partial charge in [-0.2, -0.15) is 0 Å². The number of rotatable bonds is 7. The summed E-state index contributed by atoms with van der Waals surface area (Å²) in [5, 5.41) is 5.44. The van der Waals surface area contributed by atoms with Crippen LogP contribution in [0.4, 0.5) is 16.2 Å². The topological polar surface area (TPSA) is 98.8 Å². The molecule has 1 atom stereocenters. The van der Waals surface area contributed by atoms with Gasteiger partial charge < -0.3 is 15.5 Å².